The first kappa shape index (κ1) is 15.9. The maximum absolute atomic E-state index is 10.7. The maximum atomic E-state index is 10.7. The van der Waals surface area contributed by atoms with Crippen LogP contribution in [0.5, 0.6) is 0 Å². The lowest BCUT2D eigenvalue weighted by molar-refractivity contribution is -0.133. The molecular formula is C14H17N3O2S2. The van der Waals surface area contributed by atoms with E-state index in [1.54, 1.807) is 11.8 Å². The molecule has 0 bridgehead atoms. The first-order valence-electron chi connectivity index (χ1n) is 6.54. The average Bonchev–Trinajstić information content (AvgIpc) is 2.89. The molecule has 0 aliphatic heterocycles. The second-order valence-corrected chi connectivity index (χ2v) is 6.28. The topological polar surface area (TPSA) is 68.0 Å². The van der Waals surface area contributed by atoms with Crippen LogP contribution in [0.4, 0.5) is 0 Å². The third-order valence-corrected chi connectivity index (χ3v) is 4.45. The molecule has 0 radical (unpaired) electrons. The van der Waals surface area contributed by atoms with Gasteiger partial charge in [-0.15, -0.1) is 10.2 Å². The van der Waals surface area contributed by atoms with Crippen molar-refractivity contribution in [1.82, 2.24) is 14.8 Å². The highest BCUT2D eigenvalue weighted by molar-refractivity contribution is 7.99. The molecule has 1 aromatic carbocycles. The van der Waals surface area contributed by atoms with Crippen LogP contribution in [0.1, 0.15) is 6.42 Å². The summed E-state index contributed by atoms with van der Waals surface area (Å²) in [6.45, 7) is 0.792. The van der Waals surface area contributed by atoms with Crippen LogP contribution >= 0.6 is 23.5 Å². The second-order valence-electron chi connectivity index (χ2n) is 4.35. The zero-order chi connectivity index (χ0) is 15.1. The van der Waals surface area contributed by atoms with Crippen molar-refractivity contribution in [2.24, 2.45) is 0 Å². The molecule has 0 aliphatic carbocycles. The number of benzene rings is 1. The van der Waals surface area contributed by atoms with Crippen LogP contribution in [0.25, 0.3) is 11.4 Å². The molecule has 2 aromatic rings. The Morgan fingerprint density at radius 3 is 2.71 bits per heavy atom. The molecule has 0 atom stereocenters. The van der Waals surface area contributed by atoms with Gasteiger partial charge in [0.15, 0.2) is 11.0 Å². The fourth-order valence-corrected chi connectivity index (χ4v) is 2.99. The van der Waals surface area contributed by atoms with Gasteiger partial charge in [0, 0.05) is 12.1 Å². The van der Waals surface area contributed by atoms with Gasteiger partial charge in [0.25, 0.3) is 0 Å². The van der Waals surface area contributed by atoms with E-state index in [-0.39, 0.29) is 5.75 Å². The Bertz CT molecular complexity index is 587. The number of carboxylic acid groups (broad SMARTS) is 1. The van der Waals surface area contributed by atoms with Crippen molar-refractivity contribution in [3.8, 4) is 11.4 Å². The smallest absolute Gasteiger partial charge is 0.313 e. The van der Waals surface area contributed by atoms with E-state index in [2.05, 4.69) is 16.5 Å². The van der Waals surface area contributed by atoms with E-state index in [0.29, 0.717) is 5.16 Å². The van der Waals surface area contributed by atoms with Gasteiger partial charge >= 0.3 is 5.97 Å². The summed E-state index contributed by atoms with van der Waals surface area (Å²) in [5, 5.41) is 17.9. The second kappa shape index (κ2) is 8.09. The number of aliphatic carboxylic acids is 1. The number of hydrogen-bond donors (Lipinski definition) is 1. The molecule has 7 heteroatoms. The van der Waals surface area contributed by atoms with Gasteiger partial charge in [-0.05, 0) is 18.4 Å². The molecule has 1 aromatic heterocycles. The molecule has 0 amide bonds. The third kappa shape index (κ3) is 4.50. The first-order valence-corrected chi connectivity index (χ1v) is 8.92. The summed E-state index contributed by atoms with van der Waals surface area (Å²) in [5.74, 6) is 0.995. The van der Waals surface area contributed by atoms with Crippen molar-refractivity contribution in [1.29, 1.82) is 0 Å². The number of thioether (sulfide) groups is 2. The lowest BCUT2D eigenvalue weighted by atomic mass is 10.2. The van der Waals surface area contributed by atoms with Crippen LogP contribution in [0, 0.1) is 0 Å². The standard InChI is InChI=1S/C14H17N3O2S2/c1-20-9-5-8-17-13(11-6-3-2-4-7-11)15-16-14(17)21-10-12(18)19/h2-4,6-7H,5,8-10H2,1H3,(H,18,19). The molecule has 0 fully saturated rings. The van der Waals surface area contributed by atoms with E-state index >= 15 is 0 Å². The van der Waals surface area contributed by atoms with Crippen molar-refractivity contribution >= 4 is 29.5 Å². The lowest BCUT2D eigenvalue weighted by Gasteiger charge is -2.09. The van der Waals surface area contributed by atoms with Gasteiger partial charge in [0.2, 0.25) is 0 Å². The fraction of sp³-hybridized carbons (Fsp3) is 0.357. The van der Waals surface area contributed by atoms with Gasteiger partial charge in [0.05, 0.1) is 5.75 Å². The number of aromatic nitrogens is 3. The Hall–Kier alpha value is -1.47. The van der Waals surface area contributed by atoms with Crippen molar-refractivity contribution in [2.45, 2.75) is 18.1 Å². The number of carbonyl (C=O) groups is 1. The molecule has 0 aliphatic rings. The minimum Gasteiger partial charge on any atom is -0.481 e. The molecule has 2 rings (SSSR count). The lowest BCUT2D eigenvalue weighted by Crippen LogP contribution is -2.06. The number of nitrogens with zero attached hydrogens (tertiary/aromatic N) is 3. The summed E-state index contributed by atoms with van der Waals surface area (Å²) in [6, 6.07) is 9.85. The molecule has 0 saturated carbocycles. The van der Waals surface area contributed by atoms with E-state index in [0.717, 1.165) is 30.1 Å². The van der Waals surface area contributed by atoms with Crippen LogP contribution in [-0.4, -0.2) is 43.6 Å². The zero-order valence-corrected chi connectivity index (χ0v) is 13.4. The predicted molar refractivity (Wildman–Crippen MR) is 86.8 cm³/mol. The van der Waals surface area contributed by atoms with E-state index in [1.807, 2.05) is 34.9 Å². The van der Waals surface area contributed by atoms with Gasteiger partial charge in [-0.1, -0.05) is 42.1 Å². The van der Waals surface area contributed by atoms with E-state index < -0.39 is 5.97 Å². The largest absolute Gasteiger partial charge is 0.481 e. The minimum atomic E-state index is -0.847. The molecular weight excluding hydrogens is 306 g/mol. The Kier molecular flexibility index (Phi) is 6.13. The Morgan fingerprint density at radius 2 is 2.05 bits per heavy atom. The Morgan fingerprint density at radius 1 is 1.29 bits per heavy atom. The normalized spacial score (nSPS) is 10.7. The fourth-order valence-electron chi connectivity index (χ4n) is 1.89. The van der Waals surface area contributed by atoms with E-state index in [9.17, 15) is 4.79 Å². The van der Waals surface area contributed by atoms with Gasteiger partial charge in [-0.3, -0.25) is 4.79 Å². The number of hydrogen-bond acceptors (Lipinski definition) is 5. The van der Waals surface area contributed by atoms with E-state index in [1.165, 1.54) is 11.8 Å². The van der Waals surface area contributed by atoms with Crippen LogP contribution in [0.15, 0.2) is 35.5 Å². The third-order valence-electron chi connectivity index (χ3n) is 2.80. The van der Waals surface area contributed by atoms with Gasteiger partial charge < -0.3 is 9.67 Å². The molecule has 1 N–H and O–H groups in total. The van der Waals surface area contributed by atoms with Gasteiger partial charge in [-0.2, -0.15) is 11.8 Å². The summed E-state index contributed by atoms with van der Waals surface area (Å²) in [6.07, 6.45) is 3.07. The molecule has 21 heavy (non-hydrogen) atoms. The van der Waals surface area contributed by atoms with E-state index in [4.69, 9.17) is 5.11 Å². The molecule has 5 nitrogen and oxygen atoms in total. The van der Waals surface area contributed by atoms with Crippen molar-refractivity contribution in [3.63, 3.8) is 0 Å². The van der Waals surface area contributed by atoms with Crippen LogP contribution in [0.3, 0.4) is 0 Å². The van der Waals surface area contributed by atoms with Crippen LogP contribution in [-0.2, 0) is 11.3 Å². The maximum Gasteiger partial charge on any atom is 0.313 e. The Balaban J connectivity index is 2.24. The average molecular weight is 323 g/mol. The first-order chi connectivity index (χ1) is 10.2. The van der Waals surface area contributed by atoms with Gasteiger partial charge in [-0.25, -0.2) is 0 Å². The van der Waals surface area contributed by atoms with Gasteiger partial charge in [0.1, 0.15) is 0 Å². The van der Waals surface area contributed by atoms with Crippen LogP contribution < -0.4 is 0 Å². The highest BCUT2D eigenvalue weighted by Crippen LogP contribution is 2.24. The van der Waals surface area contributed by atoms with Crippen molar-refractivity contribution in [2.75, 3.05) is 17.8 Å². The summed E-state index contributed by atoms with van der Waals surface area (Å²) < 4.78 is 2.01. The SMILES string of the molecule is CSCCCn1c(SCC(=O)O)nnc1-c1ccccc1. The zero-order valence-electron chi connectivity index (χ0n) is 11.7. The monoisotopic (exact) mass is 323 g/mol. The summed E-state index contributed by atoms with van der Waals surface area (Å²) >= 11 is 3.01. The summed E-state index contributed by atoms with van der Waals surface area (Å²) in [7, 11) is 0. The molecule has 112 valence electrons. The highest BCUT2D eigenvalue weighted by Gasteiger charge is 2.14. The number of carboxylic acids is 1. The van der Waals surface area contributed by atoms with Crippen molar-refractivity contribution < 1.29 is 9.90 Å². The van der Waals surface area contributed by atoms with Crippen LogP contribution in [0.2, 0.25) is 0 Å². The highest BCUT2D eigenvalue weighted by atomic mass is 32.2. The summed E-state index contributed by atoms with van der Waals surface area (Å²) in [5.41, 5.74) is 0.997. The predicted octanol–water partition coefficient (Wildman–Crippen LogP) is 2.87. The number of rotatable bonds is 8. The molecule has 0 saturated heterocycles. The molecule has 0 spiro atoms. The molecule has 1 heterocycles. The minimum absolute atomic E-state index is 0.00451. The van der Waals surface area contributed by atoms with Crippen molar-refractivity contribution in [3.05, 3.63) is 30.3 Å². The summed E-state index contributed by atoms with van der Waals surface area (Å²) in [4.78, 5) is 10.7. The molecule has 0 unspecified atom stereocenters. The Labute approximate surface area is 132 Å². The quantitative estimate of drug-likeness (QED) is 0.595.